The molecule has 8 rings (SSSR count). The molecule has 0 radical (unpaired) electrons. The normalized spacial score (nSPS) is 12.0. The second-order valence-electron chi connectivity index (χ2n) is 17.5. The molecule has 0 N–H and O–H groups in total. The molecule has 0 saturated heterocycles. The van der Waals surface area contributed by atoms with Crippen molar-refractivity contribution in [1.82, 2.24) is 9.13 Å². The van der Waals surface area contributed by atoms with Crippen LogP contribution in [0.15, 0.2) is 12.1 Å². The number of aromatic nitrogens is 2. The lowest BCUT2D eigenvalue weighted by molar-refractivity contribution is 0.381. The number of rotatable bonds is 3. The van der Waals surface area contributed by atoms with Crippen LogP contribution in [0.1, 0.15) is 94.6 Å². The maximum absolute atomic E-state index is 16.6. The quantitative estimate of drug-likeness (QED) is 0.0993. The summed E-state index contributed by atoms with van der Waals surface area (Å²) in [5.41, 5.74) is 18.7. The van der Waals surface area contributed by atoms with Gasteiger partial charge in [-0.05, 0) is 212 Å². The lowest BCUT2D eigenvalue weighted by Gasteiger charge is -2.23. The van der Waals surface area contributed by atoms with Gasteiger partial charge in [0.25, 0.3) is 0 Å². The molecule has 2 aromatic heterocycles. The van der Waals surface area contributed by atoms with E-state index in [1.807, 2.05) is 64.5 Å². The van der Waals surface area contributed by atoms with E-state index in [9.17, 15) is 9.65 Å². The second-order valence-corrected chi connectivity index (χ2v) is 17.5. The van der Waals surface area contributed by atoms with E-state index >= 15 is 17.6 Å². The second kappa shape index (κ2) is 13.8. The minimum absolute atomic E-state index is 0.126. The van der Waals surface area contributed by atoms with Crippen LogP contribution in [0.3, 0.4) is 0 Å². The monoisotopic (exact) mass is 823 g/mol. The largest absolute Gasteiger partial charge is 0.308 e. The van der Waals surface area contributed by atoms with E-state index in [0.29, 0.717) is 0 Å². The fraction of sp³-hybridized carbons (Fsp3) is 0.302. The number of nitriles is 1. The van der Waals surface area contributed by atoms with E-state index in [0.717, 1.165) is 133 Å². The molecule has 0 saturated carbocycles. The highest BCUT2D eigenvalue weighted by atomic mass is 19.2. The molecule has 0 aliphatic rings. The van der Waals surface area contributed by atoms with Gasteiger partial charge in [-0.3, -0.25) is 0 Å². The minimum Gasteiger partial charge on any atom is -0.308 e. The molecule has 2 heterocycles. The average Bonchev–Trinajstić information content (AvgIpc) is 3.79. The summed E-state index contributed by atoms with van der Waals surface area (Å²) in [7, 11) is 0. The molecule has 0 aliphatic heterocycles. The van der Waals surface area contributed by atoms with Gasteiger partial charge in [-0.1, -0.05) is 0 Å². The minimum atomic E-state index is -2.24. The summed E-state index contributed by atoms with van der Waals surface area (Å²) in [4.78, 5) is 0. The lowest BCUT2D eigenvalue weighted by atomic mass is 9.90. The van der Waals surface area contributed by atoms with E-state index in [1.54, 1.807) is 6.07 Å². The van der Waals surface area contributed by atoms with Crippen molar-refractivity contribution in [3.63, 3.8) is 0 Å². The zero-order chi connectivity index (χ0) is 44.9. The van der Waals surface area contributed by atoms with Crippen LogP contribution in [0.2, 0.25) is 0 Å². The summed E-state index contributed by atoms with van der Waals surface area (Å²) >= 11 is 0. The van der Waals surface area contributed by atoms with Crippen molar-refractivity contribution in [2.75, 3.05) is 0 Å². The maximum atomic E-state index is 16.6. The molecular formula is C53H50F5N3. The number of aryl methyl sites for hydroxylation is 8. The van der Waals surface area contributed by atoms with Crippen LogP contribution in [0, 0.1) is 151 Å². The Morgan fingerprint density at radius 3 is 0.902 bits per heavy atom. The molecule has 0 aliphatic carbocycles. The molecule has 0 fully saturated rings. The molecule has 3 nitrogen and oxygen atoms in total. The maximum Gasteiger partial charge on any atom is 0.200 e. The van der Waals surface area contributed by atoms with Crippen LogP contribution in [-0.2, 0) is 0 Å². The predicted molar refractivity (Wildman–Crippen MR) is 241 cm³/mol. The summed E-state index contributed by atoms with van der Waals surface area (Å²) in [5, 5.41) is 15.2. The summed E-state index contributed by atoms with van der Waals surface area (Å²) in [6.45, 7) is 32.8. The van der Waals surface area contributed by atoms with E-state index in [2.05, 4.69) is 61.5 Å². The molecule has 0 atom stereocenters. The van der Waals surface area contributed by atoms with Crippen molar-refractivity contribution in [3.05, 3.63) is 136 Å². The Bertz CT molecular complexity index is 3240. The van der Waals surface area contributed by atoms with Crippen LogP contribution in [0.4, 0.5) is 22.0 Å². The summed E-state index contributed by atoms with van der Waals surface area (Å²) in [6, 6.07) is 5.49. The van der Waals surface area contributed by atoms with Gasteiger partial charge in [0.1, 0.15) is 6.07 Å². The van der Waals surface area contributed by atoms with Gasteiger partial charge >= 0.3 is 0 Å². The first kappa shape index (κ1) is 41.8. The molecule has 0 bridgehead atoms. The third-order valence-electron chi connectivity index (χ3n) is 15.2. The Balaban J connectivity index is 1.73. The van der Waals surface area contributed by atoms with Gasteiger partial charge in [0.05, 0.1) is 44.6 Å². The molecule has 312 valence electrons. The topological polar surface area (TPSA) is 33.6 Å². The number of fused-ring (bicyclic) bond motifs is 6. The zero-order valence-corrected chi connectivity index (χ0v) is 37.9. The summed E-state index contributed by atoms with van der Waals surface area (Å²) < 4.78 is 83.3. The molecule has 0 unspecified atom stereocenters. The SMILES string of the molecule is Cc1c(C)c(C)c2c(c1C)c1c(C)c(C)c(C)c(C)c1n2-c1cc(-c2c(F)c(F)c(F)c(F)c2F)c(-n2c3c(C)c(C)c(C)c(C)c3c3c(C)c(C)c(C)c(C)c32)cc1C#N. The van der Waals surface area contributed by atoms with Gasteiger partial charge in [-0.2, -0.15) is 5.26 Å². The molecule has 8 heteroatoms. The Morgan fingerprint density at radius 2 is 0.607 bits per heavy atom. The molecule has 6 aromatic carbocycles. The zero-order valence-electron chi connectivity index (χ0n) is 37.9. The van der Waals surface area contributed by atoms with Crippen LogP contribution >= 0.6 is 0 Å². The van der Waals surface area contributed by atoms with Crippen molar-refractivity contribution in [1.29, 1.82) is 5.26 Å². The first-order chi connectivity index (χ1) is 28.5. The van der Waals surface area contributed by atoms with Crippen molar-refractivity contribution in [2.45, 2.75) is 111 Å². The third-order valence-corrected chi connectivity index (χ3v) is 15.2. The molecule has 61 heavy (non-hydrogen) atoms. The number of hydrogen-bond acceptors (Lipinski definition) is 1. The van der Waals surface area contributed by atoms with Gasteiger partial charge in [0.15, 0.2) is 23.3 Å². The van der Waals surface area contributed by atoms with Gasteiger partial charge in [0.2, 0.25) is 5.82 Å². The van der Waals surface area contributed by atoms with Crippen LogP contribution < -0.4 is 0 Å². The van der Waals surface area contributed by atoms with Gasteiger partial charge < -0.3 is 9.13 Å². The van der Waals surface area contributed by atoms with Crippen LogP contribution in [0.25, 0.3) is 66.1 Å². The van der Waals surface area contributed by atoms with Crippen molar-refractivity contribution < 1.29 is 22.0 Å². The summed E-state index contributed by atoms with van der Waals surface area (Å²) in [5.74, 6) is -10.2. The highest BCUT2D eigenvalue weighted by Gasteiger charge is 2.33. The van der Waals surface area contributed by atoms with Crippen molar-refractivity contribution in [2.24, 2.45) is 0 Å². The van der Waals surface area contributed by atoms with Gasteiger partial charge in [-0.15, -0.1) is 0 Å². The van der Waals surface area contributed by atoms with E-state index < -0.39 is 34.6 Å². The van der Waals surface area contributed by atoms with E-state index in [4.69, 9.17) is 0 Å². The fourth-order valence-electron chi connectivity index (χ4n) is 10.3. The van der Waals surface area contributed by atoms with Crippen molar-refractivity contribution in [3.8, 4) is 28.6 Å². The lowest BCUT2D eigenvalue weighted by Crippen LogP contribution is -2.10. The Morgan fingerprint density at radius 1 is 0.344 bits per heavy atom. The smallest absolute Gasteiger partial charge is 0.200 e. The molecule has 0 amide bonds. The van der Waals surface area contributed by atoms with Crippen LogP contribution in [-0.4, -0.2) is 9.13 Å². The Labute approximate surface area is 354 Å². The molecular weight excluding hydrogens is 774 g/mol. The predicted octanol–water partition coefficient (Wildman–Crippen LogP) is 15.0. The molecule has 8 aromatic rings. The van der Waals surface area contributed by atoms with Crippen LogP contribution in [0.5, 0.6) is 0 Å². The first-order valence-electron chi connectivity index (χ1n) is 20.7. The highest BCUT2D eigenvalue weighted by Crippen LogP contribution is 2.49. The number of benzene rings is 6. The summed E-state index contributed by atoms with van der Waals surface area (Å²) in [6.07, 6.45) is 0. The van der Waals surface area contributed by atoms with Gasteiger partial charge in [-0.25, -0.2) is 22.0 Å². The average molecular weight is 824 g/mol. The number of halogens is 5. The van der Waals surface area contributed by atoms with Crippen molar-refractivity contribution >= 4 is 43.6 Å². The third kappa shape index (κ3) is 5.19. The Hall–Kier alpha value is -5.94. The fourth-order valence-corrected chi connectivity index (χ4v) is 10.3. The van der Waals surface area contributed by atoms with E-state index in [1.165, 1.54) is 6.07 Å². The Kier molecular flexibility index (Phi) is 9.44. The first-order valence-corrected chi connectivity index (χ1v) is 20.7. The van der Waals surface area contributed by atoms with Gasteiger partial charge in [0, 0.05) is 27.1 Å². The molecule has 0 spiro atoms. The highest BCUT2D eigenvalue weighted by molar-refractivity contribution is 6.17. The number of nitrogens with zero attached hydrogens (tertiary/aromatic N) is 3. The van der Waals surface area contributed by atoms with E-state index in [-0.39, 0.29) is 22.5 Å². The standard InChI is InChI=1S/C53H50F5N3/c1-20-24(5)32(13)50-40(28(20)9)41-29(10)21(2)25(6)33(14)51(41)60(50)38-18-37(44-45(54)47(56)49(58)48(57)46(44)55)39(17-36(38)19-59)61-52-34(15)26(7)22(3)30(11)42(52)43-31(12)23(4)27(8)35(16)53(43)61/h17-18H,1-16H3. The number of hydrogen-bond donors (Lipinski definition) is 0.